The third kappa shape index (κ3) is 3.47. The molecule has 2 N–H and O–H groups in total. The van der Waals surface area contributed by atoms with Crippen molar-refractivity contribution in [2.75, 3.05) is 7.05 Å². The lowest BCUT2D eigenvalue weighted by atomic mass is 10.0. The van der Waals surface area contributed by atoms with E-state index in [0.29, 0.717) is 17.9 Å². The molecule has 0 spiro atoms. The summed E-state index contributed by atoms with van der Waals surface area (Å²) in [6.07, 6.45) is 4.15. The van der Waals surface area contributed by atoms with Crippen molar-refractivity contribution in [1.82, 2.24) is 19.9 Å². The molecule has 144 valence electrons. The molecule has 1 aliphatic carbocycles. The second-order valence-electron chi connectivity index (χ2n) is 7.36. The Labute approximate surface area is 161 Å². The van der Waals surface area contributed by atoms with E-state index in [0.717, 1.165) is 35.3 Å². The number of fused-ring (bicyclic) bond motifs is 1. The summed E-state index contributed by atoms with van der Waals surface area (Å²) in [7, 11) is 1.47. The Morgan fingerprint density at radius 2 is 2.11 bits per heavy atom. The van der Waals surface area contributed by atoms with E-state index in [1.54, 1.807) is 6.20 Å². The first kappa shape index (κ1) is 18.2. The van der Waals surface area contributed by atoms with Gasteiger partial charge in [0.15, 0.2) is 5.78 Å². The van der Waals surface area contributed by atoms with Crippen LogP contribution < -0.4 is 10.9 Å². The number of para-hydroxylation sites is 1. The molecule has 0 bridgehead atoms. The van der Waals surface area contributed by atoms with Crippen molar-refractivity contribution in [3.05, 3.63) is 63.3 Å². The molecule has 7 heteroatoms. The van der Waals surface area contributed by atoms with E-state index < -0.39 is 11.5 Å². The number of carbonyl (C=O) groups is 2. The topological polar surface area (TPSA) is 96.8 Å². The van der Waals surface area contributed by atoms with Gasteiger partial charge < -0.3 is 14.9 Å². The van der Waals surface area contributed by atoms with Crippen LogP contribution in [-0.4, -0.2) is 33.3 Å². The molecule has 3 aromatic rings. The molecule has 2 aromatic heterocycles. The maximum Gasteiger partial charge on any atom is 0.263 e. The lowest BCUT2D eigenvalue weighted by molar-refractivity contribution is 0.0961. The van der Waals surface area contributed by atoms with Crippen LogP contribution in [0.2, 0.25) is 0 Å². The zero-order valence-electron chi connectivity index (χ0n) is 15.9. The minimum absolute atomic E-state index is 0.0190. The third-order valence-electron chi connectivity index (χ3n) is 5.11. The first-order valence-corrected chi connectivity index (χ1v) is 9.40. The highest BCUT2D eigenvalue weighted by atomic mass is 16.2. The van der Waals surface area contributed by atoms with Crippen LogP contribution in [0.1, 0.15) is 51.4 Å². The van der Waals surface area contributed by atoms with E-state index in [4.69, 9.17) is 0 Å². The summed E-state index contributed by atoms with van der Waals surface area (Å²) in [6.45, 7) is 2.10. The highest BCUT2D eigenvalue weighted by Crippen LogP contribution is 2.33. The lowest BCUT2D eigenvalue weighted by Crippen LogP contribution is -2.32. The number of aryl methyl sites for hydroxylation is 1. The Kier molecular flexibility index (Phi) is 4.58. The average molecular weight is 378 g/mol. The summed E-state index contributed by atoms with van der Waals surface area (Å²) in [5.74, 6) is 0.690. The molecule has 2 heterocycles. The summed E-state index contributed by atoms with van der Waals surface area (Å²) in [4.78, 5) is 45.4. The zero-order valence-corrected chi connectivity index (χ0v) is 15.9. The van der Waals surface area contributed by atoms with Gasteiger partial charge in [-0.3, -0.25) is 14.4 Å². The summed E-state index contributed by atoms with van der Waals surface area (Å²) in [6, 6.07) is 7.13. The first-order chi connectivity index (χ1) is 13.5. The lowest BCUT2D eigenvalue weighted by Gasteiger charge is -2.11. The van der Waals surface area contributed by atoms with E-state index in [-0.39, 0.29) is 17.9 Å². The molecule has 0 radical (unpaired) electrons. The predicted octanol–water partition coefficient (Wildman–Crippen LogP) is 2.42. The number of amides is 1. The largest absolute Gasteiger partial charge is 0.355 e. The molecule has 1 saturated carbocycles. The van der Waals surface area contributed by atoms with Crippen LogP contribution in [0.5, 0.6) is 0 Å². The number of carbonyl (C=O) groups excluding carboxylic acids is 2. The Morgan fingerprint density at radius 1 is 1.32 bits per heavy atom. The van der Waals surface area contributed by atoms with E-state index in [1.807, 2.05) is 25.1 Å². The van der Waals surface area contributed by atoms with Crippen molar-refractivity contribution in [3.63, 3.8) is 0 Å². The quantitative estimate of drug-likeness (QED) is 0.644. The van der Waals surface area contributed by atoms with E-state index >= 15 is 0 Å². The molecule has 7 nitrogen and oxygen atoms in total. The van der Waals surface area contributed by atoms with Gasteiger partial charge in [0, 0.05) is 25.2 Å². The highest BCUT2D eigenvalue weighted by molar-refractivity contribution is 6.00. The number of nitrogens with zero attached hydrogens (tertiary/aromatic N) is 2. The number of rotatable bonds is 6. The molecule has 0 unspecified atom stereocenters. The number of Topliss-reactive ketones (excluding diaryl/α,β-unsaturated/α-hetero) is 1. The van der Waals surface area contributed by atoms with Gasteiger partial charge in [-0.05, 0) is 43.4 Å². The number of pyridine rings is 1. The Hall–Kier alpha value is -3.22. The Bertz CT molecular complexity index is 1140. The van der Waals surface area contributed by atoms with Crippen LogP contribution >= 0.6 is 0 Å². The van der Waals surface area contributed by atoms with Crippen molar-refractivity contribution < 1.29 is 9.59 Å². The summed E-state index contributed by atoms with van der Waals surface area (Å²) < 4.78 is 1.43. The van der Waals surface area contributed by atoms with Gasteiger partial charge in [-0.2, -0.15) is 0 Å². The Balaban J connectivity index is 1.78. The maximum absolute atomic E-state index is 12.9. The average Bonchev–Trinajstić information content (AvgIpc) is 3.40. The third-order valence-corrected chi connectivity index (χ3v) is 5.11. The molecule has 0 saturated heterocycles. The standard InChI is InChI=1S/C21H22N4O3/c1-12-23-17-5-3-4-14(19(17)24-12)10-25-11-15(18(26)8-13-6-7-13)9-16(21(25)28)20(27)22-2/h3-5,9,11,13H,6-8,10H2,1-2H3,(H,22,27)(H,23,24). The fraction of sp³-hybridized carbons (Fsp3) is 0.333. The van der Waals surface area contributed by atoms with Crippen LogP contribution in [0.25, 0.3) is 11.0 Å². The first-order valence-electron chi connectivity index (χ1n) is 9.40. The molecular weight excluding hydrogens is 356 g/mol. The molecule has 1 aliphatic rings. The van der Waals surface area contributed by atoms with Gasteiger partial charge in [-0.25, -0.2) is 4.98 Å². The normalized spacial score (nSPS) is 13.6. The summed E-state index contributed by atoms with van der Waals surface area (Å²) in [5.41, 5.74) is 2.47. The number of aromatic nitrogens is 3. The van der Waals surface area contributed by atoms with Gasteiger partial charge in [-0.1, -0.05) is 12.1 Å². The van der Waals surface area contributed by atoms with Gasteiger partial charge in [0.1, 0.15) is 11.4 Å². The minimum Gasteiger partial charge on any atom is -0.355 e. The van der Waals surface area contributed by atoms with Crippen LogP contribution in [-0.2, 0) is 6.54 Å². The van der Waals surface area contributed by atoms with E-state index in [2.05, 4.69) is 15.3 Å². The number of imidazole rings is 1. The summed E-state index contributed by atoms with van der Waals surface area (Å²) >= 11 is 0. The molecule has 1 aromatic carbocycles. The van der Waals surface area contributed by atoms with Crippen LogP contribution in [0.15, 0.2) is 35.3 Å². The number of ketones is 1. The van der Waals surface area contributed by atoms with Gasteiger partial charge in [0.25, 0.3) is 11.5 Å². The number of aromatic amines is 1. The zero-order chi connectivity index (χ0) is 19.8. The fourth-order valence-electron chi connectivity index (χ4n) is 3.43. The molecule has 0 aliphatic heterocycles. The van der Waals surface area contributed by atoms with Crippen molar-refractivity contribution in [1.29, 1.82) is 0 Å². The number of hydrogen-bond donors (Lipinski definition) is 2. The SMILES string of the molecule is CNC(=O)c1cc(C(=O)CC2CC2)cn(Cc2cccc3[nH]c(C)nc23)c1=O. The molecule has 4 rings (SSSR count). The molecule has 1 fully saturated rings. The fourth-order valence-corrected chi connectivity index (χ4v) is 3.43. The van der Waals surface area contributed by atoms with Gasteiger partial charge in [0.2, 0.25) is 0 Å². The second-order valence-corrected chi connectivity index (χ2v) is 7.36. The minimum atomic E-state index is -0.492. The van der Waals surface area contributed by atoms with Crippen molar-refractivity contribution in [2.45, 2.75) is 32.7 Å². The van der Waals surface area contributed by atoms with Gasteiger partial charge in [-0.15, -0.1) is 0 Å². The van der Waals surface area contributed by atoms with Crippen molar-refractivity contribution >= 4 is 22.7 Å². The molecule has 28 heavy (non-hydrogen) atoms. The van der Waals surface area contributed by atoms with Gasteiger partial charge >= 0.3 is 0 Å². The number of benzene rings is 1. The number of H-pyrrole nitrogens is 1. The molecule has 1 amide bonds. The van der Waals surface area contributed by atoms with Crippen molar-refractivity contribution in [3.8, 4) is 0 Å². The summed E-state index contributed by atoms with van der Waals surface area (Å²) in [5, 5.41) is 2.48. The van der Waals surface area contributed by atoms with Crippen LogP contribution in [0.3, 0.4) is 0 Å². The predicted molar refractivity (Wildman–Crippen MR) is 106 cm³/mol. The molecule has 0 atom stereocenters. The number of hydrogen-bond acceptors (Lipinski definition) is 4. The monoisotopic (exact) mass is 378 g/mol. The second kappa shape index (κ2) is 7.07. The molecular formula is C21H22N4O3. The maximum atomic E-state index is 12.9. The van der Waals surface area contributed by atoms with Gasteiger partial charge in [0.05, 0.1) is 17.6 Å². The highest BCUT2D eigenvalue weighted by Gasteiger charge is 2.26. The van der Waals surface area contributed by atoms with Crippen molar-refractivity contribution in [2.24, 2.45) is 5.92 Å². The van der Waals surface area contributed by atoms with E-state index in [9.17, 15) is 14.4 Å². The number of nitrogens with one attached hydrogen (secondary N) is 2. The van der Waals surface area contributed by atoms with Crippen LogP contribution in [0.4, 0.5) is 0 Å². The van der Waals surface area contributed by atoms with Crippen LogP contribution in [0, 0.1) is 12.8 Å². The smallest absolute Gasteiger partial charge is 0.263 e. The Morgan fingerprint density at radius 3 is 2.82 bits per heavy atom. The van der Waals surface area contributed by atoms with E-state index in [1.165, 1.54) is 17.7 Å².